The minimum atomic E-state index is -3.43. The normalized spacial score (nSPS) is 23.3. The molecule has 7 nitrogen and oxygen atoms in total. The molecule has 2 N–H and O–H groups in total. The largest absolute Gasteiger partial charge is 0.423 e. The van der Waals surface area contributed by atoms with Crippen LogP contribution in [0.3, 0.4) is 0 Å². The number of aromatic nitrogens is 2. The van der Waals surface area contributed by atoms with Gasteiger partial charge in [-0.2, -0.15) is 0 Å². The van der Waals surface area contributed by atoms with Crippen molar-refractivity contribution < 1.29 is 12.8 Å². The first-order valence-electron chi connectivity index (χ1n) is 8.66. The number of thiophene rings is 1. The van der Waals surface area contributed by atoms with Crippen molar-refractivity contribution >= 4 is 27.0 Å². The van der Waals surface area contributed by atoms with Gasteiger partial charge in [-0.1, -0.05) is 12.1 Å². The predicted molar refractivity (Wildman–Crippen MR) is 110 cm³/mol. The van der Waals surface area contributed by atoms with Gasteiger partial charge in [0.25, 0.3) is 0 Å². The second kappa shape index (κ2) is 6.25. The van der Waals surface area contributed by atoms with E-state index in [0.29, 0.717) is 5.89 Å². The Morgan fingerprint density at radius 2 is 1.89 bits per heavy atom. The van der Waals surface area contributed by atoms with Crippen LogP contribution in [0.5, 0.6) is 0 Å². The number of sulfone groups is 1. The van der Waals surface area contributed by atoms with Gasteiger partial charge in [0.05, 0.1) is 5.75 Å². The third-order valence-electron chi connectivity index (χ3n) is 5.17. The van der Waals surface area contributed by atoms with Crippen molar-refractivity contribution in [1.82, 2.24) is 10.2 Å². The average Bonchev–Trinajstić information content (AvgIpc) is 3.32. The molecule has 2 aromatic heterocycles. The highest BCUT2D eigenvalue weighted by Crippen LogP contribution is 2.41. The lowest BCUT2D eigenvalue weighted by atomic mass is 9.99. The molecule has 28 heavy (non-hydrogen) atoms. The first kappa shape index (κ1) is 18.8. The van der Waals surface area contributed by atoms with E-state index in [1.54, 1.807) is 13.8 Å². The lowest BCUT2D eigenvalue weighted by Crippen LogP contribution is -2.54. The van der Waals surface area contributed by atoms with E-state index in [0.717, 1.165) is 21.6 Å². The summed E-state index contributed by atoms with van der Waals surface area (Å²) in [6.45, 7) is 5.02. The predicted octanol–water partition coefficient (Wildman–Crippen LogP) is 3.24. The number of nitrogens with two attached hydrogens (primary N) is 1. The number of rotatable bonds is 3. The van der Waals surface area contributed by atoms with Crippen molar-refractivity contribution in [2.45, 2.75) is 31.1 Å². The van der Waals surface area contributed by atoms with Gasteiger partial charge >= 0.3 is 0 Å². The van der Waals surface area contributed by atoms with E-state index in [1.807, 2.05) is 42.6 Å². The van der Waals surface area contributed by atoms with Crippen molar-refractivity contribution in [1.29, 1.82) is 0 Å². The van der Waals surface area contributed by atoms with Gasteiger partial charge in [-0.25, -0.2) is 8.42 Å². The number of nitrogens with zero attached hydrogens (tertiary/aromatic N) is 3. The summed E-state index contributed by atoms with van der Waals surface area (Å²) in [4.78, 5) is 5.44. The van der Waals surface area contributed by atoms with Crippen molar-refractivity contribution in [3.8, 4) is 22.6 Å². The van der Waals surface area contributed by atoms with Crippen LogP contribution in [-0.2, 0) is 15.4 Å². The topological polar surface area (TPSA) is 111 Å². The second-order valence-corrected chi connectivity index (χ2v) is 11.0. The van der Waals surface area contributed by atoms with Crippen LogP contribution in [0.15, 0.2) is 51.5 Å². The van der Waals surface area contributed by atoms with Crippen LogP contribution in [0.25, 0.3) is 22.6 Å². The number of hydrogen-bond acceptors (Lipinski definition) is 8. The summed E-state index contributed by atoms with van der Waals surface area (Å²) < 4.78 is 29.7. The summed E-state index contributed by atoms with van der Waals surface area (Å²) in [7, 11) is -3.43. The van der Waals surface area contributed by atoms with Crippen LogP contribution in [0.2, 0.25) is 0 Å². The van der Waals surface area contributed by atoms with E-state index in [9.17, 15) is 8.42 Å². The van der Waals surface area contributed by atoms with E-state index >= 15 is 0 Å². The summed E-state index contributed by atoms with van der Waals surface area (Å²) in [5, 5.41) is 9.64. The molecule has 1 aliphatic rings. The summed E-state index contributed by atoms with van der Waals surface area (Å²) in [6.07, 6.45) is 1.29. The maximum atomic E-state index is 12.8. The number of hydrogen-bond donors (Lipinski definition) is 1. The molecule has 4 rings (SSSR count). The van der Waals surface area contributed by atoms with Gasteiger partial charge in [-0.15, -0.1) is 21.5 Å². The van der Waals surface area contributed by atoms with E-state index in [-0.39, 0.29) is 11.6 Å². The number of benzene rings is 1. The molecule has 3 aromatic rings. The highest BCUT2D eigenvalue weighted by atomic mass is 32.2. The maximum absolute atomic E-state index is 12.8. The third-order valence-corrected chi connectivity index (χ3v) is 9.06. The molecular weight excluding hydrogens is 396 g/mol. The van der Waals surface area contributed by atoms with E-state index in [1.165, 1.54) is 17.7 Å². The van der Waals surface area contributed by atoms with Crippen molar-refractivity contribution in [2.75, 3.05) is 5.75 Å². The lowest BCUT2D eigenvalue weighted by molar-refractivity contribution is 0.507. The zero-order valence-electron chi connectivity index (χ0n) is 15.7. The summed E-state index contributed by atoms with van der Waals surface area (Å²) >= 11 is 1.48. The monoisotopic (exact) mass is 416 g/mol. The Bertz CT molecular complexity index is 1160. The molecule has 0 spiro atoms. The molecule has 0 saturated heterocycles. The van der Waals surface area contributed by atoms with Crippen LogP contribution in [0.1, 0.15) is 25.6 Å². The number of amidine groups is 1. The summed E-state index contributed by atoms with van der Waals surface area (Å²) in [6, 6.07) is 9.72. The van der Waals surface area contributed by atoms with Crippen LogP contribution < -0.4 is 5.73 Å². The van der Waals surface area contributed by atoms with Crippen LogP contribution in [0, 0.1) is 0 Å². The van der Waals surface area contributed by atoms with Crippen molar-refractivity contribution in [3.63, 3.8) is 0 Å². The van der Waals surface area contributed by atoms with Gasteiger partial charge in [-0.05, 0) is 55.5 Å². The minimum Gasteiger partial charge on any atom is -0.423 e. The molecule has 0 saturated carbocycles. The fraction of sp³-hybridized carbons (Fsp3) is 0.316. The number of aliphatic imine (C=N–C) groups is 1. The van der Waals surface area contributed by atoms with Gasteiger partial charge < -0.3 is 10.2 Å². The minimum absolute atomic E-state index is 0.0737. The first-order valence-corrected chi connectivity index (χ1v) is 11.2. The molecule has 0 amide bonds. The van der Waals surface area contributed by atoms with E-state index in [4.69, 9.17) is 10.2 Å². The SMILES string of the molecule is CC1(C)C(N)=N[C@](C)(c2cc(-c3cccc(-c4nnco4)c3)cs2)CS1(=O)=O. The van der Waals surface area contributed by atoms with E-state index < -0.39 is 20.1 Å². The zero-order chi connectivity index (χ0) is 20.2. The summed E-state index contributed by atoms with van der Waals surface area (Å²) in [5.74, 6) is 0.521. The smallest absolute Gasteiger partial charge is 0.247 e. The second-order valence-electron chi connectivity index (χ2n) is 7.56. The molecule has 0 fully saturated rings. The molecule has 1 aliphatic heterocycles. The Kier molecular flexibility index (Phi) is 4.20. The summed E-state index contributed by atoms with van der Waals surface area (Å²) in [5.41, 5.74) is 7.91. The first-order chi connectivity index (χ1) is 13.1. The quantitative estimate of drug-likeness (QED) is 0.701. The van der Waals surface area contributed by atoms with Crippen molar-refractivity contribution in [3.05, 3.63) is 47.0 Å². The van der Waals surface area contributed by atoms with Gasteiger partial charge in [0, 0.05) is 10.4 Å². The molecule has 1 atom stereocenters. The molecule has 146 valence electrons. The fourth-order valence-electron chi connectivity index (χ4n) is 3.17. The van der Waals surface area contributed by atoms with Gasteiger partial charge in [0.1, 0.15) is 16.1 Å². The van der Waals surface area contributed by atoms with Crippen LogP contribution in [0.4, 0.5) is 0 Å². The molecule has 9 heteroatoms. The third kappa shape index (κ3) is 2.94. The Morgan fingerprint density at radius 1 is 1.14 bits per heavy atom. The molecule has 0 unspecified atom stereocenters. The molecule has 0 bridgehead atoms. The standard InChI is InChI=1S/C19H20N4O3S2/c1-18(2)17(20)22-19(3,10-28(18,24)25)15-8-14(9-27-15)12-5-4-6-13(7-12)16-23-21-11-26-16/h4-9,11H,10H2,1-3H3,(H2,20,22)/t19-/m0/s1. The van der Waals surface area contributed by atoms with Crippen molar-refractivity contribution in [2.24, 2.45) is 10.7 Å². The maximum Gasteiger partial charge on any atom is 0.247 e. The molecule has 1 aromatic carbocycles. The zero-order valence-corrected chi connectivity index (χ0v) is 17.3. The molecular formula is C19H20N4O3S2. The average molecular weight is 417 g/mol. The van der Waals surface area contributed by atoms with Crippen LogP contribution >= 0.6 is 11.3 Å². The molecule has 3 heterocycles. The highest BCUT2D eigenvalue weighted by Gasteiger charge is 2.49. The molecule has 0 aliphatic carbocycles. The fourth-order valence-corrected chi connectivity index (χ4v) is 5.97. The Hall–Kier alpha value is -2.52. The van der Waals surface area contributed by atoms with Gasteiger partial charge in [0.2, 0.25) is 12.3 Å². The van der Waals surface area contributed by atoms with E-state index in [2.05, 4.69) is 15.2 Å². The Balaban J connectivity index is 1.73. The van der Waals surface area contributed by atoms with Gasteiger partial charge in [-0.3, -0.25) is 4.99 Å². The van der Waals surface area contributed by atoms with Gasteiger partial charge in [0.15, 0.2) is 9.84 Å². The highest BCUT2D eigenvalue weighted by molar-refractivity contribution is 7.93. The Morgan fingerprint density at radius 3 is 2.57 bits per heavy atom. The molecule has 0 radical (unpaired) electrons. The Labute approximate surface area is 167 Å². The lowest BCUT2D eigenvalue weighted by Gasteiger charge is -2.37. The van der Waals surface area contributed by atoms with Crippen LogP contribution in [-0.4, -0.2) is 35.0 Å².